The average molecular weight is 325 g/mol. The molecular formula is C18H19N3O3. The van der Waals surface area contributed by atoms with E-state index in [4.69, 9.17) is 4.74 Å². The average Bonchev–Trinajstić information content (AvgIpc) is 2.59. The molecule has 1 N–H and O–H groups in total. The Morgan fingerprint density at radius 3 is 2.75 bits per heavy atom. The van der Waals surface area contributed by atoms with Crippen LogP contribution in [0.25, 0.3) is 0 Å². The van der Waals surface area contributed by atoms with Crippen molar-refractivity contribution in [1.29, 1.82) is 0 Å². The predicted octanol–water partition coefficient (Wildman–Crippen LogP) is 2.07. The summed E-state index contributed by atoms with van der Waals surface area (Å²) in [4.78, 5) is 30.2. The number of para-hydroxylation sites is 2. The number of nitrogens with zero attached hydrogens (tertiary/aromatic N) is 2. The molecule has 124 valence electrons. The molecule has 0 saturated heterocycles. The maximum Gasteiger partial charge on any atom is 0.268 e. The highest BCUT2D eigenvalue weighted by Gasteiger charge is 2.32. The number of carbonyl (C=O) groups excluding carboxylic acids is 2. The van der Waals surface area contributed by atoms with E-state index in [-0.39, 0.29) is 24.4 Å². The first-order valence-corrected chi connectivity index (χ1v) is 7.82. The number of ether oxygens (including phenoxy) is 1. The number of rotatable bonds is 4. The van der Waals surface area contributed by atoms with Crippen molar-refractivity contribution in [3.8, 4) is 5.75 Å². The van der Waals surface area contributed by atoms with Gasteiger partial charge in [0, 0.05) is 12.4 Å². The monoisotopic (exact) mass is 325 g/mol. The maximum atomic E-state index is 12.4. The van der Waals surface area contributed by atoms with Crippen LogP contribution in [0.4, 0.5) is 5.69 Å². The fourth-order valence-electron chi connectivity index (χ4n) is 2.69. The van der Waals surface area contributed by atoms with Crippen molar-refractivity contribution in [3.05, 3.63) is 54.4 Å². The molecule has 0 fully saturated rings. The third kappa shape index (κ3) is 3.22. The van der Waals surface area contributed by atoms with E-state index in [1.54, 1.807) is 31.5 Å². The fraction of sp³-hybridized carbons (Fsp3) is 0.278. The van der Waals surface area contributed by atoms with Crippen LogP contribution in [0.3, 0.4) is 0 Å². The maximum absolute atomic E-state index is 12.4. The second kappa shape index (κ2) is 6.70. The Morgan fingerprint density at radius 2 is 2.00 bits per heavy atom. The van der Waals surface area contributed by atoms with Crippen molar-refractivity contribution < 1.29 is 14.3 Å². The first-order valence-electron chi connectivity index (χ1n) is 7.82. The number of carbonyl (C=O) groups is 2. The zero-order valence-electron chi connectivity index (χ0n) is 13.6. The Morgan fingerprint density at radius 1 is 1.29 bits per heavy atom. The summed E-state index contributed by atoms with van der Waals surface area (Å²) in [6, 6.07) is 10.8. The minimum absolute atomic E-state index is 0.0427. The third-order valence-corrected chi connectivity index (χ3v) is 3.96. The van der Waals surface area contributed by atoms with Crippen LogP contribution in [0.15, 0.2) is 48.8 Å². The first kappa shape index (κ1) is 16.0. The van der Waals surface area contributed by atoms with Gasteiger partial charge < -0.3 is 10.1 Å². The molecule has 1 aliphatic heterocycles. The summed E-state index contributed by atoms with van der Waals surface area (Å²) in [5.41, 5.74) is 1.58. The van der Waals surface area contributed by atoms with E-state index in [0.717, 1.165) is 5.56 Å². The third-order valence-electron chi connectivity index (χ3n) is 3.96. The highest BCUT2D eigenvalue weighted by Crippen LogP contribution is 2.33. The molecule has 1 aromatic heterocycles. The highest BCUT2D eigenvalue weighted by molar-refractivity contribution is 6.03. The van der Waals surface area contributed by atoms with Gasteiger partial charge >= 0.3 is 0 Å². The minimum Gasteiger partial charge on any atom is -0.479 e. The summed E-state index contributed by atoms with van der Waals surface area (Å²) in [6.45, 7) is 3.53. The number of aromatic nitrogens is 1. The first-order chi connectivity index (χ1) is 11.6. The summed E-state index contributed by atoms with van der Waals surface area (Å²) in [7, 11) is 0. The van der Waals surface area contributed by atoms with E-state index >= 15 is 0 Å². The summed E-state index contributed by atoms with van der Waals surface area (Å²) in [6.07, 6.45) is 2.76. The van der Waals surface area contributed by atoms with Gasteiger partial charge in [-0.25, -0.2) is 0 Å². The largest absolute Gasteiger partial charge is 0.479 e. The Kier molecular flexibility index (Phi) is 4.46. The molecular weight excluding hydrogens is 306 g/mol. The quantitative estimate of drug-likeness (QED) is 0.934. The number of amides is 2. The molecule has 2 atom stereocenters. The van der Waals surface area contributed by atoms with Gasteiger partial charge in [0.15, 0.2) is 6.10 Å². The summed E-state index contributed by atoms with van der Waals surface area (Å²) < 4.78 is 5.58. The Hall–Kier alpha value is -2.89. The molecule has 0 aliphatic carbocycles. The van der Waals surface area contributed by atoms with E-state index in [1.165, 1.54) is 4.90 Å². The van der Waals surface area contributed by atoms with Crippen LogP contribution >= 0.6 is 0 Å². The number of hydrogen-bond acceptors (Lipinski definition) is 4. The SMILES string of the molecule is C[C@H](NC(=O)CN1C(=O)[C@@H](C)Oc2ccccc21)c1ccncc1. The molecule has 24 heavy (non-hydrogen) atoms. The van der Waals surface area contributed by atoms with Gasteiger partial charge in [0.25, 0.3) is 5.91 Å². The number of nitrogens with one attached hydrogen (secondary N) is 1. The summed E-state index contributed by atoms with van der Waals surface area (Å²) in [5, 5.41) is 2.91. The van der Waals surface area contributed by atoms with E-state index in [1.807, 2.05) is 31.2 Å². The van der Waals surface area contributed by atoms with Gasteiger partial charge in [-0.2, -0.15) is 0 Å². The van der Waals surface area contributed by atoms with Crippen LogP contribution in [0.5, 0.6) is 5.75 Å². The molecule has 3 rings (SSSR count). The van der Waals surface area contributed by atoms with Crippen LogP contribution in [0, 0.1) is 0 Å². The minimum atomic E-state index is -0.606. The number of hydrogen-bond donors (Lipinski definition) is 1. The van der Waals surface area contributed by atoms with Crippen LogP contribution in [0.2, 0.25) is 0 Å². The lowest BCUT2D eigenvalue weighted by atomic mass is 10.1. The van der Waals surface area contributed by atoms with Crippen molar-refractivity contribution in [2.24, 2.45) is 0 Å². The molecule has 1 aromatic carbocycles. The zero-order chi connectivity index (χ0) is 17.1. The second-order valence-corrected chi connectivity index (χ2v) is 5.72. The van der Waals surface area contributed by atoms with Crippen molar-refractivity contribution >= 4 is 17.5 Å². The molecule has 1 aliphatic rings. The van der Waals surface area contributed by atoms with E-state index < -0.39 is 6.10 Å². The number of benzene rings is 1. The molecule has 6 heteroatoms. The van der Waals surface area contributed by atoms with E-state index in [2.05, 4.69) is 10.3 Å². The molecule has 2 aromatic rings. The molecule has 2 amide bonds. The van der Waals surface area contributed by atoms with Gasteiger partial charge in [0.1, 0.15) is 12.3 Å². The Bertz CT molecular complexity index is 748. The summed E-state index contributed by atoms with van der Waals surface area (Å²) >= 11 is 0. The van der Waals surface area contributed by atoms with Crippen LogP contribution in [-0.4, -0.2) is 29.4 Å². The van der Waals surface area contributed by atoms with Crippen molar-refractivity contribution in [3.63, 3.8) is 0 Å². The van der Waals surface area contributed by atoms with Crippen molar-refractivity contribution in [2.75, 3.05) is 11.4 Å². The fourth-order valence-corrected chi connectivity index (χ4v) is 2.69. The number of anilines is 1. The predicted molar refractivity (Wildman–Crippen MR) is 89.7 cm³/mol. The molecule has 0 unspecified atom stereocenters. The van der Waals surface area contributed by atoms with Gasteiger partial charge in [0.05, 0.1) is 11.7 Å². The lowest BCUT2D eigenvalue weighted by Gasteiger charge is -2.32. The molecule has 0 radical (unpaired) electrons. The normalized spacial score (nSPS) is 17.7. The number of fused-ring (bicyclic) bond motifs is 1. The number of pyridine rings is 1. The Labute approximate surface area is 140 Å². The smallest absolute Gasteiger partial charge is 0.268 e. The van der Waals surface area contributed by atoms with Crippen molar-refractivity contribution in [2.45, 2.75) is 26.0 Å². The van der Waals surface area contributed by atoms with Gasteiger partial charge in [-0.15, -0.1) is 0 Å². The molecule has 0 spiro atoms. The molecule has 6 nitrogen and oxygen atoms in total. The topological polar surface area (TPSA) is 71.5 Å². The zero-order valence-corrected chi connectivity index (χ0v) is 13.6. The highest BCUT2D eigenvalue weighted by atomic mass is 16.5. The Balaban J connectivity index is 1.73. The van der Waals surface area contributed by atoms with Gasteiger partial charge in [-0.3, -0.25) is 19.5 Å². The van der Waals surface area contributed by atoms with Crippen LogP contribution < -0.4 is 15.0 Å². The van der Waals surface area contributed by atoms with Crippen molar-refractivity contribution in [1.82, 2.24) is 10.3 Å². The summed E-state index contributed by atoms with van der Waals surface area (Å²) in [5.74, 6) is 0.163. The lowest BCUT2D eigenvalue weighted by molar-refractivity contribution is -0.128. The molecule has 0 saturated carbocycles. The van der Waals surface area contributed by atoms with E-state index in [9.17, 15) is 9.59 Å². The van der Waals surface area contributed by atoms with Crippen LogP contribution in [-0.2, 0) is 9.59 Å². The van der Waals surface area contributed by atoms with Gasteiger partial charge in [0.2, 0.25) is 5.91 Å². The second-order valence-electron chi connectivity index (χ2n) is 5.72. The molecule has 0 bridgehead atoms. The standard InChI is InChI=1S/C18H19N3O3/c1-12(14-7-9-19-10-8-14)20-17(22)11-21-15-5-3-4-6-16(15)24-13(2)18(21)23/h3-10,12-13H,11H2,1-2H3,(H,20,22)/t12-,13+/m0/s1. The van der Waals surface area contributed by atoms with Gasteiger partial charge in [-0.05, 0) is 43.7 Å². The van der Waals surface area contributed by atoms with E-state index in [0.29, 0.717) is 11.4 Å². The van der Waals surface area contributed by atoms with Gasteiger partial charge in [-0.1, -0.05) is 12.1 Å². The van der Waals surface area contributed by atoms with Crippen LogP contribution in [0.1, 0.15) is 25.5 Å². The molecule has 2 heterocycles. The lowest BCUT2D eigenvalue weighted by Crippen LogP contribution is -2.49.